The molecule has 1 aromatic carbocycles. The first kappa shape index (κ1) is 15.8. The van der Waals surface area contributed by atoms with Crippen molar-refractivity contribution in [2.75, 3.05) is 12.4 Å². The number of aryl methyl sites for hydroxylation is 1. The van der Waals surface area contributed by atoms with Crippen LogP contribution in [0.2, 0.25) is 5.02 Å². The van der Waals surface area contributed by atoms with Crippen molar-refractivity contribution in [2.45, 2.75) is 13.5 Å². The first-order chi connectivity index (χ1) is 10.4. The number of carbonyl (C=O) groups is 1. The summed E-state index contributed by atoms with van der Waals surface area (Å²) in [6, 6.07) is 4.78. The van der Waals surface area contributed by atoms with Crippen LogP contribution in [0, 0.1) is 17.0 Å². The predicted molar refractivity (Wildman–Crippen MR) is 80.3 cm³/mol. The minimum Gasteiger partial charge on any atom is -0.495 e. The maximum atomic E-state index is 12.1. The number of halogens is 1. The molecule has 9 heteroatoms. The molecule has 0 fully saturated rings. The molecule has 0 aliphatic heterocycles. The topological polar surface area (TPSA) is 99.3 Å². The van der Waals surface area contributed by atoms with E-state index in [1.54, 1.807) is 19.1 Å². The molecular weight excluding hydrogens is 312 g/mol. The van der Waals surface area contributed by atoms with Crippen molar-refractivity contribution in [3.63, 3.8) is 0 Å². The van der Waals surface area contributed by atoms with Crippen molar-refractivity contribution >= 4 is 29.0 Å². The molecule has 1 N–H and O–H groups in total. The molecule has 1 aromatic heterocycles. The number of methoxy groups -OCH3 is 1. The number of anilines is 1. The highest BCUT2D eigenvalue weighted by Crippen LogP contribution is 2.27. The summed E-state index contributed by atoms with van der Waals surface area (Å²) >= 11 is 5.88. The van der Waals surface area contributed by atoms with Gasteiger partial charge in [0.25, 0.3) is 5.91 Å². The second-order valence-corrected chi connectivity index (χ2v) is 4.84. The zero-order chi connectivity index (χ0) is 16.3. The summed E-state index contributed by atoms with van der Waals surface area (Å²) in [7, 11) is 1.46. The Kier molecular flexibility index (Phi) is 4.62. The number of nitrogens with one attached hydrogen (secondary N) is 1. The molecule has 0 bridgehead atoms. The molecule has 0 atom stereocenters. The monoisotopic (exact) mass is 324 g/mol. The van der Waals surface area contributed by atoms with Gasteiger partial charge in [0.1, 0.15) is 11.9 Å². The van der Waals surface area contributed by atoms with Crippen LogP contribution in [-0.4, -0.2) is 27.5 Å². The first-order valence-electron chi connectivity index (χ1n) is 6.22. The summed E-state index contributed by atoms with van der Waals surface area (Å²) in [5.74, 6) is 0.116. The summed E-state index contributed by atoms with van der Waals surface area (Å²) in [6.45, 7) is 1.35. The number of benzene rings is 1. The largest absolute Gasteiger partial charge is 0.495 e. The Morgan fingerprint density at radius 1 is 1.55 bits per heavy atom. The fourth-order valence-electron chi connectivity index (χ4n) is 1.91. The van der Waals surface area contributed by atoms with E-state index in [1.165, 1.54) is 17.7 Å². The molecule has 8 nitrogen and oxygen atoms in total. The van der Waals surface area contributed by atoms with Crippen molar-refractivity contribution in [1.82, 2.24) is 9.55 Å². The fraction of sp³-hybridized carbons (Fsp3) is 0.231. The molecule has 0 aliphatic carbocycles. The lowest BCUT2D eigenvalue weighted by Gasteiger charge is -2.10. The molecular formula is C13H13ClN4O4. The zero-order valence-corrected chi connectivity index (χ0v) is 12.6. The van der Waals surface area contributed by atoms with Crippen LogP contribution in [-0.2, 0) is 11.3 Å². The van der Waals surface area contributed by atoms with E-state index in [-0.39, 0.29) is 12.4 Å². The molecule has 1 amide bonds. The van der Waals surface area contributed by atoms with E-state index < -0.39 is 10.8 Å². The smallest absolute Gasteiger partial charge is 0.343 e. The standard InChI is InChI=1S/C13H13ClN4O4/c1-8-15-6-13(18(20)21)17(8)7-12(19)16-10-5-9(14)3-4-11(10)22-2/h3-6H,7H2,1-2H3,(H,16,19). The van der Waals surface area contributed by atoms with Gasteiger partial charge < -0.3 is 20.2 Å². The quantitative estimate of drug-likeness (QED) is 0.672. The molecule has 0 unspecified atom stereocenters. The van der Waals surface area contributed by atoms with Gasteiger partial charge in [0.2, 0.25) is 0 Å². The summed E-state index contributed by atoms with van der Waals surface area (Å²) < 4.78 is 6.34. The summed E-state index contributed by atoms with van der Waals surface area (Å²) in [5.41, 5.74) is 0.389. The van der Waals surface area contributed by atoms with E-state index in [2.05, 4.69) is 10.3 Å². The van der Waals surface area contributed by atoms with Crippen LogP contribution in [0.5, 0.6) is 5.75 Å². The zero-order valence-electron chi connectivity index (χ0n) is 11.9. The third-order valence-corrected chi connectivity index (χ3v) is 3.19. The minimum absolute atomic E-state index is 0.238. The highest BCUT2D eigenvalue weighted by atomic mass is 35.5. The average Bonchev–Trinajstić information content (AvgIpc) is 2.80. The molecule has 1 heterocycles. The molecule has 0 radical (unpaired) electrons. The van der Waals surface area contributed by atoms with Crippen LogP contribution in [0.3, 0.4) is 0 Å². The Labute approximate surface area is 130 Å². The van der Waals surface area contributed by atoms with Gasteiger partial charge in [-0.15, -0.1) is 0 Å². The van der Waals surface area contributed by atoms with Gasteiger partial charge in [0.05, 0.1) is 12.8 Å². The summed E-state index contributed by atoms with van der Waals surface area (Å²) in [6.07, 6.45) is 1.11. The fourth-order valence-corrected chi connectivity index (χ4v) is 2.08. The van der Waals surface area contributed by atoms with Crippen LogP contribution in [0.25, 0.3) is 0 Å². The highest BCUT2D eigenvalue weighted by Gasteiger charge is 2.20. The lowest BCUT2D eigenvalue weighted by Crippen LogP contribution is -2.20. The Hall–Kier alpha value is -2.61. The van der Waals surface area contributed by atoms with E-state index in [1.807, 2.05) is 0 Å². The van der Waals surface area contributed by atoms with Crippen molar-refractivity contribution in [2.24, 2.45) is 0 Å². The van der Waals surface area contributed by atoms with Gasteiger partial charge >= 0.3 is 5.82 Å². The number of amides is 1. The molecule has 2 rings (SSSR count). The Balaban J connectivity index is 2.19. The second-order valence-electron chi connectivity index (χ2n) is 4.40. The molecule has 22 heavy (non-hydrogen) atoms. The first-order valence-corrected chi connectivity index (χ1v) is 6.60. The van der Waals surface area contributed by atoms with E-state index in [0.717, 1.165) is 6.20 Å². The van der Waals surface area contributed by atoms with Crippen LogP contribution in [0.1, 0.15) is 5.82 Å². The van der Waals surface area contributed by atoms with Crippen LogP contribution >= 0.6 is 11.6 Å². The van der Waals surface area contributed by atoms with Gasteiger partial charge in [-0.25, -0.2) is 9.55 Å². The number of nitro groups is 1. The summed E-state index contributed by atoms with van der Waals surface area (Å²) in [5, 5.41) is 13.9. The van der Waals surface area contributed by atoms with Crippen molar-refractivity contribution in [3.8, 4) is 5.75 Å². The van der Waals surface area contributed by atoms with E-state index in [9.17, 15) is 14.9 Å². The van der Waals surface area contributed by atoms with Gasteiger partial charge in [-0.3, -0.25) is 4.79 Å². The Bertz CT molecular complexity index is 729. The third kappa shape index (κ3) is 3.34. The predicted octanol–water partition coefficient (Wildman–Crippen LogP) is 2.40. The Morgan fingerprint density at radius 3 is 2.91 bits per heavy atom. The molecule has 0 aliphatic rings. The number of hydrogen-bond acceptors (Lipinski definition) is 5. The highest BCUT2D eigenvalue weighted by molar-refractivity contribution is 6.31. The third-order valence-electron chi connectivity index (χ3n) is 2.96. The average molecular weight is 325 g/mol. The summed E-state index contributed by atoms with van der Waals surface area (Å²) in [4.78, 5) is 26.3. The number of ether oxygens (including phenoxy) is 1. The van der Waals surface area contributed by atoms with Gasteiger partial charge in [0, 0.05) is 11.9 Å². The molecule has 116 valence electrons. The van der Waals surface area contributed by atoms with Gasteiger partial charge in [-0.05, 0) is 23.1 Å². The maximum absolute atomic E-state index is 12.1. The van der Waals surface area contributed by atoms with Crippen molar-refractivity contribution < 1.29 is 14.5 Å². The number of aromatic nitrogens is 2. The molecule has 0 spiro atoms. The minimum atomic E-state index is -0.590. The number of hydrogen-bond donors (Lipinski definition) is 1. The molecule has 0 saturated heterocycles. The van der Waals surface area contributed by atoms with Crippen molar-refractivity contribution in [3.05, 3.63) is 45.4 Å². The van der Waals surface area contributed by atoms with E-state index in [4.69, 9.17) is 16.3 Å². The number of imidazole rings is 1. The van der Waals surface area contributed by atoms with Gasteiger partial charge in [-0.1, -0.05) is 11.6 Å². The lowest BCUT2D eigenvalue weighted by atomic mass is 10.3. The SMILES string of the molecule is COc1ccc(Cl)cc1NC(=O)Cn1c([N+](=O)[O-])cnc1C. The molecule has 2 aromatic rings. The Morgan fingerprint density at radius 2 is 2.27 bits per heavy atom. The maximum Gasteiger partial charge on any atom is 0.343 e. The van der Waals surface area contributed by atoms with Crippen LogP contribution in [0.4, 0.5) is 11.5 Å². The number of rotatable bonds is 5. The number of nitrogens with zero attached hydrogens (tertiary/aromatic N) is 3. The van der Waals surface area contributed by atoms with Crippen LogP contribution in [0.15, 0.2) is 24.4 Å². The van der Waals surface area contributed by atoms with Crippen LogP contribution < -0.4 is 10.1 Å². The van der Waals surface area contributed by atoms with Gasteiger partial charge in [0.15, 0.2) is 12.4 Å². The van der Waals surface area contributed by atoms with Crippen molar-refractivity contribution in [1.29, 1.82) is 0 Å². The second kappa shape index (κ2) is 6.44. The lowest BCUT2D eigenvalue weighted by molar-refractivity contribution is -0.392. The van der Waals surface area contributed by atoms with E-state index in [0.29, 0.717) is 22.3 Å². The molecule has 0 saturated carbocycles. The normalized spacial score (nSPS) is 10.3. The van der Waals surface area contributed by atoms with Gasteiger partial charge in [-0.2, -0.15) is 0 Å². The van der Waals surface area contributed by atoms with E-state index >= 15 is 0 Å². The number of carbonyl (C=O) groups excluding carboxylic acids is 1.